The summed E-state index contributed by atoms with van der Waals surface area (Å²) in [7, 11) is 3.93. The third kappa shape index (κ3) is 28.8. The van der Waals surface area contributed by atoms with Gasteiger partial charge in [0.15, 0.2) is 0 Å². The van der Waals surface area contributed by atoms with Gasteiger partial charge in [0, 0.05) is 110 Å². The van der Waals surface area contributed by atoms with Crippen molar-refractivity contribution in [3.8, 4) is 79.0 Å². The van der Waals surface area contributed by atoms with Crippen molar-refractivity contribution in [2.24, 2.45) is 0 Å². The number of hydrogen-bond acceptors (Lipinski definition) is 23. The number of nitrogens with one attached hydrogen (secondary N) is 4. The van der Waals surface area contributed by atoms with E-state index in [0.29, 0.717) is 82.8 Å². The molecule has 0 unspecified atom stereocenters. The van der Waals surface area contributed by atoms with E-state index in [1.807, 2.05) is 207 Å². The number of ether oxygens (including phenoxy) is 7. The lowest BCUT2D eigenvalue weighted by molar-refractivity contribution is 0.0592. The average molecular weight is 1930 g/mol. The van der Waals surface area contributed by atoms with Gasteiger partial charge in [-0.1, -0.05) is 174 Å². The Bertz CT molecular complexity index is 5840. The van der Waals surface area contributed by atoms with E-state index in [0.717, 1.165) is 149 Å². The Morgan fingerprint density at radius 3 is 0.836 bits per heavy atom. The van der Waals surface area contributed by atoms with Crippen LogP contribution < -0.4 is 40.2 Å². The van der Waals surface area contributed by atoms with E-state index in [1.165, 1.54) is 51.7 Å². The normalized spacial score (nSPS) is 13.0. The summed E-state index contributed by atoms with van der Waals surface area (Å²) < 4.78 is 37.9. The SMILES string of the molecule is COC(=O)c1ccc(-c2ccccc2)cc1NC(=O)c1cc(OCCBr)ccc1C.COC(=O)c1ccc(-c2ccccc2)cc1NC(=O)c1cc(OCCN2CCSCC2)ccc1C.COC(=O)c1ccc(-c2ccccc2)cc1NC(=O)c1cc(OCCN2CCSCC2)ccc1O.O=C(Nc1cc(-c2ccccc2)ccc1C(=O)O)c1cc(OCCN2CCSCC2)ccc1O. The predicted octanol–water partition coefficient (Wildman–Crippen LogP) is 19.6. The van der Waals surface area contributed by atoms with Gasteiger partial charge >= 0.3 is 23.9 Å². The molecule has 0 saturated carbocycles. The Hall–Kier alpha value is -13.4. The van der Waals surface area contributed by atoms with Crippen molar-refractivity contribution in [1.82, 2.24) is 14.7 Å². The van der Waals surface area contributed by atoms with Crippen molar-refractivity contribution < 1.29 is 86.8 Å². The van der Waals surface area contributed by atoms with Crippen LogP contribution in [0, 0.1) is 13.8 Å². The number of phenols is 2. The zero-order valence-corrected chi connectivity index (χ0v) is 79.0. The van der Waals surface area contributed by atoms with E-state index in [4.69, 9.17) is 33.2 Å². The number of carboxylic acid groups (broad SMARTS) is 1. The zero-order chi connectivity index (χ0) is 94.7. The maximum atomic E-state index is 13.3. The number of alkyl halides is 1. The molecule has 0 bridgehead atoms. The summed E-state index contributed by atoms with van der Waals surface area (Å²) >= 11 is 9.21. The standard InChI is InChI=1S/C28H30N2O4S.C27H28N2O5S.C26H26N2O5S.C24H22BrNO4/c1-20-8-10-23(34-15-12-30-13-16-35-17-14-30)19-25(20)27(31)29-26-18-22(21-6-4-3-5-7-21)9-11-24(26)28(32)33-2;1-33-27(32)22-9-7-20(19-5-3-2-4-6-19)17-24(22)28-26(31)23-18-21(8-10-25(23)30)34-14-11-29-12-15-35-16-13-29;29-24-9-7-20(33-13-10-28-11-14-34-15-12-28)17-22(24)25(30)27-23-16-19(6-8-21(23)26(31)32)18-4-2-1-3-5-18;1-16-8-10-19(30-13-12-25)15-21(16)23(27)26-22-14-18(17-6-4-3-5-7-17)9-11-20(22)24(28)29-2/h3-11,18-19H,12-17H2,1-2H3,(H,29,31);2-10,17-18,30H,11-16H2,1H3,(H,28,31);1-9,16-17,29H,10-15H2,(H,27,30)(H,31,32);3-11,14-15H,12-13H2,1-2H3,(H,26,27). The number of thioether (sulfide) groups is 3. The summed E-state index contributed by atoms with van der Waals surface area (Å²) in [5.41, 5.74) is 11.8. The van der Waals surface area contributed by atoms with Crippen molar-refractivity contribution >= 4 is 121 Å². The van der Waals surface area contributed by atoms with Gasteiger partial charge in [0.1, 0.15) is 54.3 Å². The van der Waals surface area contributed by atoms with Crippen molar-refractivity contribution in [3.63, 3.8) is 0 Å². The molecule has 134 heavy (non-hydrogen) atoms. The molecule has 12 aromatic carbocycles. The van der Waals surface area contributed by atoms with E-state index >= 15 is 0 Å². The third-order valence-corrected chi connectivity index (χ3v) is 25.1. The quantitative estimate of drug-likeness (QED) is 0.0121. The van der Waals surface area contributed by atoms with Gasteiger partial charge in [0.25, 0.3) is 23.6 Å². The summed E-state index contributed by atoms with van der Waals surface area (Å²) in [5, 5.41) is 42.1. The molecule has 3 fully saturated rings. The van der Waals surface area contributed by atoms with Crippen LogP contribution in [0.3, 0.4) is 0 Å². The number of hydrogen-bond donors (Lipinski definition) is 7. The van der Waals surface area contributed by atoms with Gasteiger partial charge in [-0.05, 0) is 179 Å². The predicted molar refractivity (Wildman–Crippen MR) is 536 cm³/mol. The minimum Gasteiger partial charge on any atom is -0.507 e. The molecule has 0 aromatic heterocycles. The first kappa shape index (κ1) is 99.6. The minimum atomic E-state index is -1.16. The van der Waals surface area contributed by atoms with E-state index in [9.17, 15) is 53.7 Å². The molecular weight excluding hydrogens is 1820 g/mol. The molecule has 15 rings (SSSR count). The number of aromatic hydroxyl groups is 2. The smallest absolute Gasteiger partial charge is 0.339 e. The number of aryl methyl sites for hydroxylation is 2. The molecule has 0 radical (unpaired) electrons. The Kier molecular flexibility index (Phi) is 37.9. The van der Waals surface area contributed by atoms with Crippen LogP contribution >= 0.6 is 51.2 Å². The molecule has 0 spiro atoms. The number of benzene rings is 12. The van der Waals surface area contributed by atoms with Crippen LogP contribution in [-0.2, 0) is 14.2 Å². The summed E-state index contributed by atoms with van der Waals surface area (Å²) in [6.07, 6.45) is 0. The van der Waals surface area contributed by atoms with E-state index in [-0.39, 0.29) is 62.5 Å². The molecule has 3 saturated heterocycles. The highest BCUT2D eigenvalue weighted by atomic mass is 79.9. The van der Waals surface area contributed by atoms with Crippen molar-refractivity contribution in [3.05, 3.63) is 323 Å². The number of carbonyl (C=O) groups is 8. The summed E-state index contributed by atoms with van der Waals surface area (Å²) in [6.45, 7) is 14.5. The van der Waals surface area contributed by atoms with E-state index in [1.54, 1.807) is 78.9 Å². The lowest BCUT2D eigenvalue weighted by atomic mass is 10.0. The van der Waals surface area contributed by atoms with E-state index in [2.05, 4.69) is 51.9 Å². The second-order valence-electron chi connectivity index (χ2n) is 30.9. The number of esters is 3. The fraction of sp³-hybridized carbons (Fsp3) is 0.238. The maximum absolute atomic E-state index is 13.3. The Morgan fingerprint density at radius 2 is 0.560 bits per heavy atom. The first-order chi connectivity index (χ1) is 65.1. The van der Waals surface area contributed by atoms with Crippen LogP contribution in [0.5, 0.6) is 34.5 Å². The number of phenolic OH excluding ortho intramolecular Hbond substituents is 2. The van der Waals surface area contributed by atoms with Crippen LogP contribution in [0.2, 0.25) is 0 Å². The van der Waals surface area contributed by atoms with Crippen LogP contribution in [0.15, 0.2) is 267 Å². The molecule has 0 atom stereocenters. The molecule has 7 N–H and O–H groups in total. The second-order valence-corrected chi connectivity index (χ2v) is 35.3. The van der Waals surface area contributed by atoms with Crippen LogP contribution in [0.4, 0.5) is 22.7 Å². The van der Waals surface area contributed by atoms with Crippen LogP contribution in [-0.4, -0.2) is 224 Å². The van der Waals surface area contributed by atoms with Gasteiger partial charge in [-0.15, -0.1) is 0 Å². The number of nitrogens with zero attached hydrogens (tertiary/aromatic N) is 3. The maximum Gasteiger partial charge on any atom is 0.339 e. The molecular formula is C105H106BrN7O18S3. The van der Waals surface area contributed by atoms with Crippen LogP contribution in [0.25, 0.3) is 44.5 Å². The molecule has 3 aliphatic heterocycles. The summed E-state index contributed by atoms with van der Waals surface area (Å²) in [6, 6.07) is 79.0. The fourth-order valence-electron chi connectivity index (χ4n) is 14.6. The minimum absolute atomic E-state index is 0.00771. The molecule has 29 heteroatoms. The first-order valence-electron chi connectivity index (χ1n) is 43.5. The van der Waals surface area contributed by atoms with Gasteiger partial charge in [0.05, 0.1) is 84.1 Å². The third-order valence-electron chi connectivity index (χ3n) is 22.0. The van der Waals surface area contributed by atoms with Gasteiger partial charge < -0.3 is 69.7 Å². The van der Waals surface area contributed by atoms with Gasteiger partial charge in [0.2, 0.25) is 0 Å². The number of anilines is 4. The lowest BCUT2D eigenvalue weighted by Gasteiger charge is -2.25. The lowest BCUT2D eigenvalue weighted by Crippen LogP contribution is -2.35. The highest BCUT2D eigenvalue weighted by Crippen LogP contribution is 2.35. The van der Waals surface area contributed by atoms with Gasteiger partial charge in [-0.25, -0.2) is 19.2 Å². The number of carboxylic acids is 1. The zero-order valence-electron chi connectivity index (χ0n) is 75.0. The highest BCUT2D eigenvalue weighted by molar-refractivity contribution is 9.09. The van der Waals surface area contributed by atoms with Crippen molar-refractivity contribution in [2.45, 2.75) is 13.8 Å². The molecule has 4 amide bonds. The molecule has 12 aromatic rings. The molecule has 0 aliphatic carbocycles. The molecule has 3 aliphatic rings. The number of amides is 4. The fourth-order valence-corrected chi connectivity index (χ4v) is 17.7. The number of rotatable bonds is 31. The Morgan fingerprint density at radius 1 is 0.306 bits per heavy atom. The topological polar surface area (TPSA) is 320 Å². The Balaban J connectivity index is 0.000000161. The number of carbonyl (C=O) groups excluding carboxylic acids is 7. The number of methoxy groups -OCH3 is 3. The number of aromatic carboxylic acids is 1. The van der Waals surface area contributed by atoms with Crippen molar-refractivity contribution in [1.29, 1.82) is 0 Å². The molecule has 694 valence electrons. The average Bonchev–Trinajstić information content (AvgIpc) is 0.817. The number of halogens is 1. The van der Waals surface area contributed by atoms with E-state index < -0.39 is 35.7 Å². The summed E-state index contributed by atoms with van der Waals surface area (Å²) in [5.74, 6) is 4.06. The van der Waals surface area contributed by atoms with Crippen LogP contribution in [0.1, 0.15) is 94.0 Å². The van der Waals surface area contributed by atoms with Crippen molar-refractivity contribution in [2.75, 3.05) is 168 Å². The Labute approximate surface area is 800 Å². The first-order valence-corrected chi connectivity index (χ1v) is 48.1. The van der Waals surface area contributed by atoms with Gasteiger partial charge in [-0.3, -0.25) is 33.9 Å². The summed E-state index contributed by atoms with van der Waals surface area (Å²) in [4.78, 5) is 108. The molecule has 3 heterocycles. The monoisotopic (exact) mass is 1930 g/mol. The largest absolute Gasteiger partial charge is 0.507 e. The highest BCUT2D eigenvalue weighted by Gasteiger charge is 2.26. The van der Waals surface area contributed by atoms with Gasteiger partial charge in [-0.2, -0.15) is 35.3 Å². The molecule has 25 nitrogen and oxygen atoms in total. The second kappa shape index (κ2) is 51.0.